The first-order chi connectivity index (χ1) is 17.0. The third-order valence-electron chi connectivity index (χ3n) is 6.14. The van der Waals surface area contributed by atoms with Crippen LogP contribution in [0.2, 0.25) is 0 Å². The van der Waals surface area contributed by atoms with Gasteiger partial charge in [-0.1, -0.05) is 30.3 Å². The number of aromatic nitrogens is 2. The van der Waals surface area contributed by atoms with Crippen LogP contribution < -0.4 is 10.1 Å². The molecule has 1 saturated heterocycles. The number of carbonyl (C=O) groups is 1. The van der Waals surface area contributed by atoms with Crippen molar-refractivity contribution in [2.45, 2.75) is 31.2 Å². The van der Waals surface area contributed by atoms with Crippen LogP contribution >= 0.6 is 0 Å². The highest BCUT2D eigenvalue weighted by molar-refractivity contribution is 5.79. The van der Waals surface area contributed by atoms with E-state index in [4.69, 9.17) is 9.47 Å². The summed E-state index contributed by atoms with van der Waals surface area (Å²) in [7, 11) is 1.46. The maximum atomic E-state index is 14.9. The third-order valence-corrected chi connectivity index (χ3v) is 6.14. The zero-order valence-corrected chi connectivity index (χ0v) is 19.4. The van der Waals surface area contributed by atoms with Gasteiger partial charge in [-0.15, -0.1) is 0 Å². The molecule has 1 unspecified atom stereocenters. The second-order valence-electron chi connectivity index (χ2n) is 8.50. The maximum absolute atomic E-state index is 14.9. The molecule has 0 spiro atoms. The topological polar surface area (TPSA) is 96.8 Å². The fraction of sp³-hybridized carbons (Fsp3) is 0.400. The summed E-state index contributed by atoms with van der Waals surface area (Å²) in [5.74, 6) is -0.933. The molecule has 0 bridgehead atoms. The summed E-state index contributed by atoms with van der Waals surface area (Å²) in [5, 5.41) is 12.7. The van der Waals surface area contributed by atoms with Crippen LogP contribution in [-0.2, 0) is 11.3 Å². The van der Waals surface area contributed by atoms with Gasteiger partial charge in [-0.2, -0.15) is 0 Å². The van der Waals surface area contributed by atoms with Crippen molar-refractivity contribution in [3.05, 3.63) is 65.6 Å². The normalized spacial score (nSPS) is 19.3. The van der Waals surface area contributed by atoms with Crippen LogP contribution in [0.1, 0.15) is 23.5 Å². The number of pyridine rings is 2. The molecule has 4 rings (SSSR count). The fourth-order valence-corrected chi connectivity index (χ4v) is 4.31. The number of likely N-dealkylation sites (tertiary alicyclic amines) is 1. The Hall–Kier alpha value is -3.37. The van der Waals surface area contributed by atoms with E-state index >= 15 is 0 Å². The van der Waals surface area contributed by atoms with Gasteiger partial charge in [-0.25, -0.2) is 18.6 Å². The number of rotatable bonds is 8. The van der Waals surface area contributed by atoms with Gasteiger partial charge in [0.2, 0.25) is 5.88 Å². The summed E-state index contributed by atoms with van der Waals surface area (Å²) >= 11 is 0. The van der Waals surface area contributed by atoms with Crippen LogP contribution in [0.25, 0.3) is 11.0 Å². The number of fused-ring (bicyclic) bond motifs is 1. The number of alkyl carbamates (subject to hydrolysis) is 1. The van der Waals surface area contributed by atoms with Crippen LogP contribution in [0.4, 0.5) is 13.6 Å². The minimum Gasteiger partial charge on any atom is -0.481 e. The van der Waals surface area contributed by atoms with Crippen molar-refractivity contribution in [3.63, 3.8) is 0 Å². The van der Waals surface area contributed by atoms with Crippen molar-refractivity contribution in [1.82, 2.24) is 20.2 Å². The van der Waals surface area contributed by atoms with Gasteiger partial charge < -0.3 is 19.9 Å². The van der Waals surface area contributed by atoms with Crippen LogP contribution in [0, 0.1) is 5.82 Å². The summed E-state index contributed by atoms with van der Waals surface area (Å²) in [4.78, 5) is 22.3. The van der Waals surface area contributed by atoms with E-state index in [2.05, 4.69) is 15.3 Å². The Kier molecular flexibility index (Phi) is 8.04. The number of nitrogens with zero attached hydrogens (tertiary/aromatic N) is 3. The zero-order chi connectivity index (χ0) is 24.8. The Labute approximate surface area is 201 Å². The average Bonchev–Trinajstić information content (AvgIpc) is 2.88. The molecule has 1 aliphatic heterocycles. The second kappa shape index (κ2) is 11.4. The molecule has 0 radical (unpaired) electrons. The molecule has 3 heterocycles. The molecule has 1 amide bonds. The van der Waals surface area contributed by atoms with Crippen LogP contribution in [0.5, 0.6) is 5.88 Å². The maximum Gasteiger partial charge on any atom is 0.407 e. The number of halogens is 2. The van der Waals surface area contributed by atoms with Gasteiger partial charge in [0.1, 0.15) is 18.6 Å². The molecule has 1 fully saturated rings. The molecular formula is C25H28F2N4O4. The van der Waals surface area contributed by atoms with Crippen molar-refractivity contribution >= 4 is 17.1 Å². The summed E-state index contributed by atoms with van der Waals surface area (Å²) in [6.07, 6.45) is -0.562. The fourth-order valence-electron chi connectivity index (χ4n) is 4.31. The highest BCUT2D eigenvalue weighted by Crippen LogP contribution is 2.29. The van der Waals surface area contributed by atoms with Crippen molar-refractivity contribution in [2.24, 2.45) is 0 Å². The first kappa shape index (κ1) is 24.7. The van der Waals surface area contributed by atoms with Gasteiger partial charge in [0.15, 0.2) is 0 Å². The molecule has 0 aliphatic carbocycles. The Morgan fingerprint density at radius 2 is 2.09 bits per heavy atom. The second-order valence-corrected chi connectivity index (χ2v) is 8.50. The Morgan fingerprint density at radius 1 is 1.29 bits per heavy atom. The largest absolute Gasteiger partial charge is 0.481 e. The standard InChI is InChI=1S/C25H28F2N4O4/c1-34-22-8-7-21-24(30-22)23(18(26)11-28-21)17(14-32)12-31-10-9-20(19(27)13-31)29-25(33)35-15-16-5-3-2-4-6-16/h2-8,11,17,19-20,32H,9-10,12-15H2,1H3,(H,29,33)/t17?,19-,20+/m1/s1. The monoisotopic (exact) mass is 486 g/mol. The Morgan fingerprint density at radius 3 is 2.80 bits per heavy atom. The lowest BCUT2D eigenvalue weighted by Gasteiger charge is -2.36. The smallest absolute Gasteiger partial charge is 0.407 e. The molecule has 186 valence electrons. The number of aliphatic hydroxyl groups is 1. The van der Waals surface area contributed by atoms with E-state index in [1.807, 2.05) is 35.2 Å². The summed E-state index contributed by atoms with van der Waals surface area (Å²) in [5.41, 5.74) is 1.84. The number of hydrogen-bond acceptors (Lipinski definition) is 7. The highest BCUT2D eigenvalue weighted by atomic mass is 19.1. The van der Waals surface area contributed by atoms with E-state index in [9.17, 15) is 18.7 Å². The average molecular weight is 487 g/mol. The molecule has 3 aromatic rings. The lowest BCUT2D eigenvalue weighted by Crippen LogP contribution is -2.53. The third kappa shape index (κ3) is 6.01. The minimum absolute atomic E-state index is 0.0293. The highest BCUT2D eigenvalue weighted by Gasteiger charge is 2.33. The molecule has 2 N–H and O–H groups in total. The van der Waals surface area contributed by atoms with Crippen molar-refractivity contribution in [2.75, 3.05) is 33.4 Å². The van der Waals surface area contributed by atoms with Crippen molar-refractivity contribution in [1.29, 1.82) is 0 Å². The van der Waals surface area contributed by atoms with Crippen LogP contribution in [0.15, 0.2) is 48.7 Å². The number of aliphatic hydroxyl groups excluding tert-OH is 1. The molecule has 8 nitrogen and oxygen atoms in total. The Balaban J connectivity index is 1.37. The van der Waals surface area contributed by atoms with Gasteiger partial charge in [-0.3, -0.25) is 9.88 Å². The minimum atomic E-state index is -1.34. The van der Waals surface area contributed by atoms with Gasteiger partial charge >= 0.3 is 6.09 Å². The molecule has 35 heavy (non-hydrogen) atoms. The quantitative estimate of drug-likeness (QED) is 0.505. The lowest BCUT2D eigenvalue weighted by molar-refractivity contribution is 0.0805. The van der Waals surface area contributed by atoms with E-state index in [-0.39, 0.29) is 31.9 Å². The predicted molar refractivity (Wildman–Crippen MR) is 125 cm³/mol. The summed E-state index contributed by atoms with van der Waals surface area (Å²) in [6.45, 7) is 0.460. The number of nitrogens with one attached hydrogen (secondary N) is 1. The van der Waals surface area contributed by atoms with Crippen molar-refractivity contribution < 1.29 is 28.2 Å². The zero-order valence-electron chi connectivity index (χ0n) is 19.4. The number of piperidine rings is 1. The van der Waals surface area contributed by atoms with E-state index in [0.717, 1.165) is 11.8 Å². The van der Waals surface area contributed by atoms with E-state index in [1.54, 1.807) is 12.1 Å². The summed E-state index contributed by atoms with van der Waals surface area (Å²) < 4.78 is 40.1. The molecule has 1 aromatic carbocycles. The van der Waals surface area contributed by atoms with Crippen LogP contribution in [-0.4, -0.2) is 71.6 Å². The number of amides is 1. The number of ether oxygens (including phenoxy) is 2. The number of alkyl halides is 1. The summed E-state index contributed by atoms with van der Waals surface area (Å²) in [6, 6.07) is 11.8. The van der Waals surface area contributed by atoms with Crippen molar-refractivity contribution in [3.8, 4) is 5.88 Å². The van der Waals surface area contributed by atoms with Gasteiger partial charge in [0.05, 0.1) is 37.0 Å². The Bertz CT molecular complexity index is 1150. The number of carbonyl (C=O) groups excluding carboxylic acids is 1. The number of methoxy groups -OCH3 is 1. The van der Waals surface area contributed by atoms with Gasteiger partial charge in [0.25, 0.3) is 0 Å². The predicted octanol–water partition coefficient (Wildman–Crippen LogP) is 3.19. The van der Waals surface area contributed by atoms with E-state index in [1.165, 1.54) is 7.11 Å². The molecule has 3 atom stereocenters. The van der Waals surface area contributed by atoms with Gasteiger partial charge in [-0.05, 0) is 18.1 Å². The molecular weight excluding hydrogens is 458 g/mol. The molecule has 1 aliphatic rings. The van der Waals surface area contributed by atoms with Gasteiger partial charge in [0, 0.05) is 37.2 Å². The lowest BCUT2D eigenvalue weighted by atomic mass is 9.95. The molecule has 10 heteroatoms. The van der Waals surface area contributed by atoms with Crippen LogP contribution in [0.3, 0.4) is 0 Å². The first-order valence-electron chi connectivity index (χ1n) is 11.4. The number of benzene rings is 1. The van der Waals surface area contributed by atoms with E-state index < -0.39 is 30.0 Å². The SMILES string of the molecule is COc1ccc2ncc(F)c(C(CO)CN3CC[C@H](NC(=O)OCc4ccccc4)[C@H](F)C3)c2n1. The number of hydrogen-bond donors (Lipinski definition) is 2. The van der Waals surface area contributed by atoms with E-state index in [0.29, 0.717) is 29.9 Å². The molecule has 0 saturated carbocycles. The molecule has 2 aromatic heterocycles. The first-order valence-corrected chi connectivity index (χ1v) is 11.4.